The van der Waals surface area contributed by atoms with E-state index in [4.69, 9.17) is 0 Å². The van der Waals surface area contributed by atoms with Crippen LogP contribution in [0, 0.1) is 5.82 Å². The molecule has 0 aliphatic rings. The van der Waals surface area contributed by atoms with E-state index in [1.165, 1.54) is 12.1 Å². The van der Waals surface area contributed by atoms with Gasteiger partial charge in [0.2, 0.25) is 0 Å². The van der Waals surface area contributed by atoms with E-state index < -0.39 is 0 Å². The number of hydrogen-bond acceptors (Lipinski definition) is 3. The van der Waals surface area contributed by atoms with E-state index in [2.05, 4.69) is 10.2 Å². The van der Waals surface area contributed by atoms with E-state index in [9.17, 15) is 9.18 Å². The zero-order valence-corrected chi connectivity index (χ0v) is 11.4. The minimum absolute atomic E-state index is 0.314. The summed E-state index contributed by atoms with van der Waals surface area (Å²) in [6.45, 7) is 2.73. The molecule has 1 aromatic carbocycles. The highest BCUT2D eigenvalue weighted by Crippen LogP contribution is 2.22. The minimum Gasteiger partial charge on any atom is -0.298 e. The van der Waals surface area contributed by atoms with Crippen molar-refractivity contribution in [3.05, 3.63) is 54.2 Å². The molecule has 0 aliphatic carbocycles. The van der Waals surface area contributed by atoms with Gasteiger partial charge in [-0.15, -0.1) is 0 Å². The third-order valence-corrected chi connectivity index (χ3v) is 3.19. The molecule has 106 valence electrons. The van der Waals surface area contributed by atoms with E-state index in [-0.39, 0.29) is 5.82 Å². The van der Waals surface area contributed by atoms with Crippen LogP contribution in [-0.4, -0.2) is 25.8 Å². The molecule has 0 unspecified atom stereocenters. The maximum absolute atomic E-state index is 13.0. The van der Waals surface area contributed by atoms with Crippen LogP contribution < -0.4 is 0 Å². The highest BCUT2D eigenvalue weighted by molar-refractivity contribution is 5.85. The highest BCUT2D eigenvalue weighted by Gasteiger charge is 2.13. The maximum Gasteiger partial charge on any atom is 0.153 e. The molecular formula is C15H13FN4O. The fraction of sp³-hybridized carbons (Fsp3) is 0.133. The number of carbonyl (C=O) groups excluding carboxylic acids is 1. The van der Waals surface area contributed by atoms with Gasteiger partial charge in [0.05, 0.1) is 17.4 Å². The van der Waals surface area contributed by atoms with Crippen molar-refractivity contribution in [2.45, 2.75) is 13.5 Å². The fourth-order valence-electron chi connectivity index (χ4n) is 2.08. The first-order chi connectivity index (χ1) is 10.2. The Morgan fingerprint density at radius 2 is 2.00 bits per heavy atom. The topological polar surface area (TPSA) is 52.7 Å². The second kappa shape index (κ2) is 5.32. The molecule has 0 aliphatic heterocycles. The lowest BCUT2D eigenvalue weighted by Gasteiger charge is -1.99. The van der Waals surface area contributed by atoms with Crippen LogP contribution in [0.15, 0.2) is 42.9 Å². The number of aromatic nitrogens is 4. The zero-order valence-electron chi connectivity index (χ0n) is 11.4. The number of carbonyl (C=O) groups is 1. The lowest BCUT2D eigenvalue weighted by molar-refractivity contribution is 0.112. The number of benzene rings is 1. The predicted molar refractivity (Wildman–Crippen MR) is 75.8 cm³/mol. The van der Waals surface area contributed by atoms with Crippen LogP contribution >= 0.6 is 0 Å². The summed E-state index contributed by atoms with van der Waals surface area (Å²) in [5.74, 6) is -0.314. The average Bonchev–Trinajstić information content (AvgIpc) is 3.14. The Balaban J connectivity index is 2.05. The Hall–Kier alpha value is -2.76. The van der Waals surface area contributed by atoms with Gasteiger partial charge in [0.1, 0.15) is 11.5 Å². The van der Waals surface area contributed by atoms with Crippen LogP contribution in [0.25, 0.3) is 16.9 Å². The third kappa shape index (κ3) is 2.47. The monoisotopic (exact) mass is 284 g/mol. The molecule has 0 bridgehead atoms. The van der Waals surface area contributed by atoms with E-state index in [0.717, 1.165) is 18.4 Å². The van der Waals surface area contributed by atoms with Gasteiger partial charge in [0, 0.05) is 24.5 Å². The SMILES string of the molecule is CCn1cc(-c2nn(-c3ccc(F)cc3)cc2C=O)cn1. The quantitative estimate of drug-likeness (QED) is 0.692. The summed E-state index contributed by atoms with van der Waals surface area (Å²) in [5, 5.41) is 8.59. The number of rotatable bonds is 4. The number of halogens is 1. The second-order valence-corrected chi connectivity index (χ2v) is 4.56. The standard InChI is InChI=1S/C15H13FN4O/c1-2-19-8-11(7-17-19)15-12(10-21)9-20(18-15)14-5-3-13(16)4-6-14/h3-10H,2H2,1H3. The van der Waals surface area contributed by atoms with E-state index in [0.29, 0.717) is 16.9 Å². The molecule has 3 rings (SSSR count). The number of aryl methyl sites for hydroxylation is 1. The van der Waals surface area contributed by atoms with Crippen LogP contribution in [-0.2, 0) is 6.54 Å². The summed E-state index contributed by atoms with van der Waals surface area (Å²) >= 11 is 0. The summed E-state index contributed by atoms with van der Waals surface area (Å²) in [5.41, 5.74) is 2.50. The minimum atomic E-state index is -0.314. The van der Waals surface area contributed by atoms with Gasteiger partial charge in [-0.3, -0.25) is 9.48 Å². The summed E-state index contributed by atoms with van der Waals surface area (Å²) in [7, 11) is 0. The maximum atomic E-state index is 13.0. The Labute approximate surface area is 120 Å². The Kier molecular flexibility index (Phi) is 3.35. The molecule has 0 amide bonds. The summed E-state index contributed by atoms with van der Waals surface area (Å²) in [6, 6.07) is 5.92. The smallest absolute Gasteiger partial charge is 0.153 e. The van der Waals surface area contributed by atoms with Crippen molar-refractivity contribution in [3.63, 3.8) is 0 Å². The molecule has 0 saturated heterocycles. The molecule has 0 saturated carbocycles. The molecule has 5 nitrogen and oxygen atoms in total. The first kappa shape index (κ1) is 13.2. The predicted octanol–water partition coefficient (Wildman–Crippen LogP) is 2.71. The van der Waals surface area contributed by atoms with Gasteiger partial charge < -0.3 is 0 Å². The first-order valence-electron chi connectivity index (χ1n) is 6.55. The van der Waals surface area contributed by atoms with Crippen molar-refractivity contribution in [1.82, 2.24) is 19.6 Å². The van der Waals surface area contributed by atoms with Crippen molar-refractivity contribution >= 4 is 6.29 Å². The Bertz CT molecular complexity index is 773. The van der Waals surface area contributed by atoms with Crippen LogP contribution in [0.2, 0.25) is 0 Å². The van der Waals surface area contributed by atoms with Crippen molar-refractivity contribution in [1.29, 1.82) is 0 Å². The van der Waals surface area contributed by atoms with Crippen molar-refractivity contribution < 1.29 is 9.18 Å². The van der Waals surface area contributed by atoms with Gasteiger partial charge in [0.15, 0.2) is 6.29 Å². The zero-order chi connectivity index (χ0) is 14.8. The Morgan fingerprint density at radius 3 is 2.62 bits per heavy atom. The average molecular weight is 284 g/mol. The fourth-order valence-corrected chi connectivity index (χ4v) is 2.08. The molecular weight excluding hydrogens is 271 g/mol. The Morgan fingerprint density at radius 1 is 1.24 bits per heavy atom. The number of hydrogen-bond donors (Lipinski definition) is 0. The van der Waals surface area contributed by atoms with Gasteiger partial charge >= 0.3 is 0 Å². The summed E-state index contributed by atoms with van der Waals surface area (Å²) in [6.07, 6.45) is 5.89. The molecule has 21 heavy (non-hydrogen) atoms. The lowest BCUT2D eigenvalue weighted by Crippen LogP contribution is -1.94. The van der Waals surface area contributed by atoms with Crippen molar-refractivity contribution in [2.75, 3.05) is 0 Å². The molecule has 0 atom stereocenters. The van der Waals surface area contributed by atoms with Crippen molar-refractivity contribution in [3.8, 4) is 16.9 Å². The second-order valence-electron chi connectivity index (χ2n) is 4.56. The van der Waals surface area contributed by atoms with E-state index in [1.807, 2.05) is 13.1 Å². The van der Waals surface area contributed by atoms with E-state index >= 15 is 0 Å². The van der Waals surface area contributed by atoms with Gasteiger partial charge in [0.25, 0.3) is 0 Å². The van der Waals surface area contributed by atoms with Gasteiger partial charge in [-0.1, -0.05) is 0 Å². The van der Waals surface area contributed by atoms with E-state index in [1.54, 1.807) is 33.9 Å². The van der Waals surface area contributed by atoms with Gasteiger partial charge in [-0.2, -0.15) is 10.2 Å². The number of aldehydes is 1. The number of nitrogens with zero attached hydrogens (tertiary/aromatic N) is 4. The molecule has 0 radical (unpaired) electrons. The molecule has 3 aromatic rings. The normalized spacial score (nSPS) is 10.8. The molecule has 0 N–H and O–H groups in total. The van der Waals surface area contributed by atoms with Gasteiger partial charge in [-0.25, -0.2) is 9.07 Å². The molecule has 6 heteroatoms. The highest BCUT2D eigenvalue weighted by atomic mass is 19.1. The molecule has 0 fully saturated rings. The molecule has 2 heterocycles. The van der Waals surface area contributed by atoms with Crippen molar-refractivity contribution in [2.24, 2.45) is 0 Å². The molecule has 0 spiro atoms. The first-order valence-corrected chi connectivity index (χ1v) is 6.55. The van der Waals surface area contributed by atoms with Crippen LogP contribution in [0.3, 0.4) is 0 Å². The molecule has 2 aromatic heterocycles. The third-order valence-electron chi connectivity index (χ3n) is 3.19. The summed E-state index contributed by atoms with van der Waals surface area (Å²) < 4.78 is 16.3. The van der Waals surface area contributed by atoms with Crippen LogP contribution in [0.4, 0.5) is 4.39 Å². The summed E-state index contributed by atoms with van der Waals surface area (Å²) in [4.78, 5) is 11.2. The van der Waals surface area contributed by atoms with Crippen LogP contribution in [0.5, 0.6) is 0 Å². The largest absolute Gasteiger partial charge is 0.298 e. The van der Waals surface area contributed by atoms with Gasteiger partial charge in [-0.05, 0) is 31.2 Å². The van der Waals surface area contributed by atoms with Crippen LogP contribution in [0.1, 0.15) is 17.3 Å². The lowest BCUT2D eigenvalue weighted by atomic mass is 10.2.